The number of aromatic nitrogens is 4. The molecule has 10 N–H and O–H groups in total. The minimum absolute atomic E-state index is 0.0335. The van der Waals surface area contributed by atoms with Gasteiger partial charge in [-0.1, -0.05) is 6.07 Å². The highest BCUT2D eigenvalue weighted by Crippen LogP contribution is 2.22. The van der Waals surface area contributed by atoms with E-state index in [-0.39, 0.29) is 24.2 Å². The second kappa shape index (κ2) is 8.92. The fourth-order valence-electron chi connectivity index (χ4n) is 3.93. The van der Waals surface area contributed by atoms with Crippen LogP contribution in [0.1, 0.15) is 12.8 Å². The summed E-state index contributed by atoms with van der Waals surface area (Å²) in [4.78, 5) is 22.1. The SMILES string of the molecule is NC1CC(N)CN(c2nc(NNc3ccccn3)nc(N3CC(N)CC(N)C3)n2)C1. The average Bonchev–Trinajstić information content (AvgIpc) is 2.71. The van der Waals surface area contributed by atoms with Crippen LogP contribution in [0.25, 0.3) is 0 Å². The van der Waals surface area contributed by atoms with Crippen molar-refractivity contribution in [3.05, 3.63) is 24.4 Å². The first-order valence-electron chi connectivity index (χ1n) is 10.2. The lowest BCUT2D eigenvalue weighted by molar-refractivity contribution is 0.441. The van der Waals surface area contributed by atoms with Crippen LogP contribution in [-0.4, -0.2) is 70.3 Å². The molecule has 0 saturated carbocycles. The summed E-state index contributed by atoms with van der Waals surface area (Å²) >= 11 is 0. The number of piperidine rings is 2. The van der Waals surface area contributed by atoms with Gasteiger partial charge in [0.1, 0.15) is 5.82 Å². The van der Waals surface area contributed by atoms with Gasteiger partial charge in [0.25, 0.3) is 0 Å². The molecule has 4 atom stereocenters. The molecule has 0 radical (unpaired) electrons. The molecule has 2 aliphatic heterocycles. The van der Waals surface area contributed by atoms with Gasteiger partial charge in [-0.2, -0.15) is 15.0 Å². The molecule has 30 heavy (non-hydrogen) atoms. The zero-order valence-corrected chi connectivity index (χ0v) is 16.9. The molecule has 0 amide bonds. The Morgan fingerprint density at radius 1 is 0.733 bits per heavy atom. The van der Waals surface area contributed by atoms with Gasteiger partial charge in [0.05, 0.1) is 0 Å². The molecule has 2 aromatic heterocycles. The van der Waals surface area contributed by atoms with Gasteiger partial charge in [0, 0.05) is 56.5 Å². The summed E-state index contributed by atoms with van der Waals surface area (Å²) in [5.41, 5.74) is 30.7. The highest BCUT2D eigenvalue weighted by atomic mass is 15.5. The highest BCUT2D eigenvalue weighted by molar-refractivity contribution is 5.49. The lowest BCUT2D eigenvalue weighted by Crippen LogP contribution is -2.54. The fraction of sp³-hybridized carbons (Fsp3) is 0.556. The summed E-state index contributed by atoms with van der Waals surface area (Å²) in [6.07, 6.45) is 3.24. The van der Waals surface area contributed by atoms with Crippen molar-refractivity contribution in [2.24, 2.45) is 22.9 Å². The molecule has 0 bridgehead atoms. The summed E-state index contributed by atoms with van der Waals surface area (Å²) in [5, 5.41) is 0. The molecule has 162 valence electrons. The first kappa shape index (κ1) is 20.5. The number of pyridine rings is 1. The molecule has 0 aliphatic carbocycles. The van der Waals surface area contributed by atoms with Crippen molar-refractivity contribution in [1.82, 2.24) is 19.9 Å². The van der Waals surface area contributed by atoms with Crippen LogP contribution in [0.15, 0.2) is 24.4 Å². The van der Waals surface area contributed by atoms with Gasteiger partial charge in [-0.3, -0.25) is 10.9 Å². The highest BCUT2D eigenvalue weighted by Gasteiger charge is 2.28. The predicted octanol–water partition coefficient (Wildman–Crippen LogP) is -1.56. The van der Waals surface area contributed by atoms with Gasteiger partial charge in [-0.05, 0) is 25.0 Å². The minimum Gasteiger partial charge on any atom is -0.338 e. The quantitative estimate of drug-likeness (QED) is 0.309. The molecule has 0 aromatic carbocycles. The van der Waals surface area contributed by atoms with Crippen molar-refractivity contribution in [2.45, 2.75) is 37.0 Å². The standard InChI is InChI=1S/C18H30N12/c19-11-5-12(20)8-29(7-11)17-24-16(28-27-15-3-1-2-4-23-15)25-18(26-17)30-9-13(21)6-14(22)10-30/h1-4,11-14H,5-10,19-22H2,(H,23,27)(H,24,25,26,28). The Kier molecular flexibility index (Phi) is 6.08. The Bertz CT molecular complexity index is 769. The maximum Gasteiger partial charge on any atom is 0.248 e. The molecule has 2 aromatic rings. The van der Waals surface area contributed by atoms with Crippen LogP contribution in [0, 0.1) is 0 Å². The van der Waals surface area contributed by atoms with Crippen molar-refractivity contribution in [2.75, 3.05) is 46.8 Å². The number of hydrogen-bond acceptors (Lipinski definition) is 12. The van der Waals surface area contributed by atoms with E-state index in [0.29, 0.717) is 49.8 Å². The number of nitrogens with zero attached hydrogens (tertiary/aromatic N) is 6. The van der Waals surface area contributed by atoms with Gasteiger partial charge in [0.2, 0.25) is 17.8 Å². The summed E-state index contributed by atoms with van der Waals surface area (Å²) in [6, 6.07) is 5.43. The molecule has 2 fully saturated rings. The molecule has 2 saturated heterocycles. The summed E-state index contributed by atoms with van der Waals surface area (Å²) in [7, 11) is 0. The van der Waals surface area contributed by atoms with E-state index >= 15 is 0 Å². The van der Waals surface area contributed by atoms with Crippen LogP contribution >= 0.6 is 0 Å². The van der Waals surface area contributed by atoms with E-state index in [1.54, 1.807) is 6.20 Å². The Hall–Kier alpha value is -2.80. The first-order valence-corrected chi connectivity index (χ1v) is 10.2. The Balaban J connectivity index is 1.61. The van der Waals surface area contributed by atoms with Gasteiger partial charge >= 0.3 is 0 Å². The van der Waals surface area contributed by atoms with Gasteiger partial charge in [-0.15, -0.1) is 0 Å². The van der Waals surface area contributed by atoms with E-state index in [9.17, 15) is 0 Å². The third kappa shape index (κ3) is 5.02. The lowest BCUT2D eigenvalue weighted by Gasteiger charge is -2.37. The second-order valence-corrected chi connectivity index (χ2v) is 8.05. The van der Waals surface area contributed by atoms with Crippen molar-refractivity contribution >= 4 is 23.7 Å². The molecule has 4 rings (SSSR count). The number of rotatable bonds is 5. The monoisotopic (exact) mass is 414 g/mol. The minimum atomic E-state index is -0.0335. The summed E-state index contributed by atoms with van der Waals surface area (Å²) in [5.74, 6) is 2.04. The number of hydrogen-bond donors (Lipinski definition) is 6. The Morgan fingerprint density at radius 2 is 1.27 bits per heavy atom. The zero-order chi connectivity index (χ0) is 21.1. The third-order valence-electron chi connectivity index (χ3n) is 5.18. The van der Waals surface area contributed by atoms with Gasteiger partial charge < -0.3 is 32.7 Å². The topological polar surface area (TPSA) is 186 Å². The van der Waals surface area contributed by atoms with E-state index in [1.165, 1.54) is 0 Å². The second-order valence-electron chi connectivity index (χ2n) is 8.05. The van der Waals surface area contributed by atoms with E-state index in [4.69, 9.17) is 27.9 Å². The van der Waals surface area contributed by atoms with Crippen molar-refractivity contribution in [3.63, 3.8) is 0 Å². The number of nitrogens with two attached hydrogens (primary N) is 4. The zero-order valence-electron chi connectivity index (χ0n) is 16.9. The van der Waals surface area contributed by atoms with Crippen molar-refractivity contribution in [3.8, 4) is 0 Å². The number of nitrogens with one attached hydrogen (secondary N) is 2. The van der Waals surface area contributed by atoms with E-state index < -0.39 is 0 Å². The fourth-order valence-corrected chi connectivity index (χ4v) is 3.93. The Morgan fingerprint density at radius 3 is 1.73 bits per heavy atom. The van der Waals surface area contributed by atoms with Crippen molar-refractivity contribution < 1.29 is 0 Å². The van der Waals surface area contributed by atoms with E-state index in [2.05, 4.69) is 25.8 Å². The molecule has 0 spiro atoms. The molecule has 2 aliphatic rings. The molecule has 12 nitrogen and oxygen atoms in total. The van der Waals surface area contributed by atoms with Crippen LogP contribution in [0.4, 0.5) is 23.7 Å². The maximum absolute atomic E-state index is 6.17. The molecule has 4 heterocycles. The smallest absolute Gasteiger partial charge is 0.248 e. The lowest BCUT2D eigenvalue weighted by atomic mass is 10.0. The van der Waals surface area contributed by atoms with Crippen LogP contribution in [0.3, 0.4) is 0 Å². The summed E-state index contributed by atoms with van der Waals surface area (Å²) in [6.45, 7) is 2.51. The molecular formula is C18H30N12. The number of anilines is 4. The third-order valence-corrected chi connectivity index (χ3v) is 5.18. The summed E-state index contributed by atoms with van der Waals surface area (Å²) < 4.78 is 0. The van der Waals surface area contributed by atoms with Crippen LogP contribution in [-0.2, 0) is 0 Å². The predicted molar refractivity (Wildman–Crippen MR) is 117 cm³/mol. The molecule has 12 heteroatoms. The van der Waals surface area contributed by atoms with Crippen molar-refractivity contribution in [1.29, 1.82) is 0 Å². The number of hydrazine groups is 1. The average molecular weight is 415 g/mol. The molecular weight excluding hydrogens is 384 g/mol. The van der Waals surface area contributed by atoms with Gasteiger partial charge in [0.15, 0.2) is 0 Å². The van der Waals surface area contributed by atoms with Crippen LogP contribution in [0.2, 0.25) is 0 Å². The van der Waals surface area contributed by atoms with Crippen LogP contribution < -0.4 is 43.6 Å². The van der Waals surface area contributed by atoms with Crippen LogP contribution in [0.5, 0.6) is 0 Å². The Labute approximate surface area is 175 Å². The normalized spacial score (nSPS) is 27.1. The van der Waals surface area contributed by atoms with E-state index in [0.717, 1.165) is 12.8 Å². The molecule has 4 unspecified atom stereocenters. The largest absolute Gasteiger partial charge is 0.338 e. The maximum atomic E-state index is 6.17. The van der Waals surface area contributed by atoms with Gasteiger partial charge in [-0.25, -0.2) is 4.98 Å². The van der Waals surface area contributed by atoms with E-state index in [1.807, 2.05) is 28.0 Å². The first-order chi connectivity index (χ1) is 14.5.